The summed E-state index contributed by atoms with van der Waals surface area (Å²) < 4.78 is 58.6. The summed E-state index contributed by atoms with van der Waals surface area (Å²) in [6.45, 7) is -0.665. The van der Waals surface area contributed by atoms with E-state index in [0.717, 1.165) is 24.3 Å². The third-order valence-corrected chi connectivity index (χ3v) is 5.68. The van der Waals surface area contributed by atoms with Gasteiger partial charge in [-0.05, 0) is 48.0 Å². The van der Waals surface area contributed by atoms with E-state index in [9.17, 15) is 22.0 Å². The molecule has 5 nitrogen and oxygen atoms in total. The van der Waals surface area contributed by atoms with Crippen molar-refractivity contribution in [3.8, 4) is 16.9 Å². The average molecular weight is 404 g/mol. The number of aliphatic carboxylic acids is 1. The second-order valence-electron chi connectivity index (χ2n) is 5.78. The molecule has 0 aromatic heterocycles. The van der Waals surface area contributed by atoms with E-state index in [4.69, 9.17) is 9.84 Å². The summed E-state index contributed by atoms with van der Waals surface area (Å²) in [5.41, 5.74) is 0.244. The van der Waals surface area contributed by atoms with Crippen LogP contribution in [0.15, 0.2) is 76.5 Å². The quantitative estimate of drug-likeness (QED) is 0.673. The third-order valence-electron chi connectivity index (χ3n) is 3.88. The molecule has 0 aliphatic carbocycles. The molecule has 3 aromatic carbocycles. The van der Waals surface area contributed by atoms with Gasteiger partial charge in [-0.15, -0.1) is 0 Å². The van der Waals surface area contributed by atoms with Gasteiger partial charge in [0.05, 0.1) is 4.90 Å². The van der Waals surface area contributed by atoms with Crippen molar-refractivity contribution in [1.29, 1.82) is 0 Å². The van der Waals surface area contributed by atoms with Crippen molar-refractivity contribution in [1.82, 2.24) is 0 Å². The van der Waals surface area contributed by atoms with Crippen LogP contribution in [0.4, 0.5) is 8.78 Å². The lowest BCUT2D eigenvalue weighted by Gasteiger charge is -2.12. The van der Waals surface area contributed by atoms with Gasteiger partial charge in [-0.2, -0.15) is 0 Å². The number of hydrogen-bond acceptors (Lipinski definition) is 4. The Kier molecular flexibility index (Phi) is 5.41. The molecule has 8 heteroatoms. The van der Waals surface area contributed by atoms with Crippen LogP contribution in [-0.4, -0.2) is 26.1 Å². The SMILES string of the molecule is O=C(O)COc1ccc(F)cc1-c1ccc(S(=O)(=O)c2ccccc2)c(F)c1. The van der Waals surface area contributed by atoms with E-state index in [1.807, 2.05) is 0 Å². The van der Waals surface area contributed by atoms with Crippen LogP contribution in [0.3, 0.4) is 0 Å². The van der Waals surface area contributed by atoms with E-state index < -0.39 is 38.9 Å². The van der Waals surface area contributed by atoms with Crippen LogP contribution in [0.5, 0.6) is 5.75 Å². The molecule has 0 saturated heterocycles. The van der Waals surface area contributed by atoms with Crippen LogP contribution >= 0.6 is 0 Å². The van der Waals surface area contributed by atoms with Crippen LogP contribution in [-0.2, 0) is 14.6 Å². The van der Waals surface area contributed by atoms with Crippen molar-refractivity contribution < 1.29 is 31.8 Å². The van der Waals surface area contributed by atoms with Gasteiger partial charge in [-0.25, -0.2) is 22.0 Å². The molecule has 0 bridgehead atoms. The van der Waals surface area contributed by atoms with Gasteiger partial charge in [0.15, 0.2) is 6.61 Å². The molecule has 28 heavy (non-hydrogen) atoms. The number of ether oxygens (including phenoxy) is 1. The Morgan fingerprint density at radius 2 is 1.68 bits per heavy atom. The highest BCUT2D eigenvalue weighted by Crippen LogP contribution is 2.33. The molecule has 144 valence electrons. The largest absolute Gasteiger partial charge is 0.481 e. The fraction of sp³-hybridized carbons (Fsp3) is 0.0500. The fourth-order valence-electron chi connectivity index (χ4n) is 2.61. The summed E-state index contributed by atoms with van der Waals surface area (Å²) >= 11 is 0. The molecule has 0 unspecified atom stereocenters. The summed E-state index contributed by atoms with van der Waals surface area (Å²) in [6.07, 6.45) is 0. The molecular formula is C20H14F2O5S. The molecule has 0 atom stereocenters. The van der Waals surface area contributed by atoms with Crippen molar-refractivity contribution in [2.24, 2.45) is 0 Å². The Morgan fingerprint density at radius 1 is 0.964 bits per heavy atom. The molecule has 0 aliphatic heterocycles. The molecule has 0 radical (unpaired) electrons. The number of sulfone groups is 1. The minimum atomic E-state index is -4.07. The molecule has 3 rings (SSSR count). The van der Waals surface area contributed by atoms with Crippen molar-refractivity contribution in [3.05, 3.63) is 78.4 Å². The molecule has 0 saturated carbocycles. The Hall–Kier alpha value is -3.26. The Balaban J connectivity index is 2.04. The zero-order valence-corrected chi connectivity index (χ0v) is 15.1. The number of hydrogen-bond donors (Lipinski definition) is 1. The summed E-state index contributed by atoms with van der Waals surface area (Å²) in [7, 11) is -4.07. The molecule has 1 N–H and O–H groups in total. The van der Waals surface area contributed by atoms with Crippen LogP contribution in [0.1, 0.15) is 0 Å². The standard InChI is InChI=1S/C20H14F2O5S/c21-14-7-8-18(27-12-20(23)24)16(11-14)13-6-9-19(17(22)10-13)28(25,26)15-4-2-1-3-5-15/h1-11H,12H2,(H,23,24). The molecule has 0 amide bonds. The van der Waals surface area contributed by atoms with Gasteiger partial charge in [-0.3, -0.25) is 0 Å². The molecule has 0 heterocycles. The van der Waals surface area contributed by atoms with Gasteiger partial charge in [0.25, 0.3) is 0 Å². The van der Waals surface area contributed by atoms with Crippen molar-refractivity contribution in [2.75, 3.05) is 6.61 Å². The van der Waals surface area contributed by atoms with Crippen LogP contribution in [0.2, 0.25) is 0 Å². The topological polar surface area (TPSA) is 80.7 Å². The van der Waals surface area contributed by atoms with Gasteiger partial charge in [-0.1, -0.05) is 24.3 Å². The van der Waals surface area contributed by atoms with Crippen molar-refractivity contribution in [2.45, 2.75) is 9.79 Å². The summed E-state index contributed by atoms with van der Waals surface area (Å²) in [5.74, 6) is -2.86. The lowest BCUT2D eigenvalue weighted by Crippen LogP contribution is -2.10. The Morgan fingerprint density at radius 3 is 2.32 bits per heavy atom. The monoisotopic (exact) mass is 404 g/mol. The summed E-state index contributed by atoms with van der Waals surface area (Å²) in [4.78, 5) is 10.1. The fourth-order valence-corrected chi connectivity index (χ4v) is 3.94. The Bertz CT molecular complexity index is 1130. The lowest BCUT2D eigenvalue weighted by atomic mass is 10.0. The minimum absolute atomic E-state index is 0.0295. The van der Waals surface area contributed by atoms with Crippen LogP contribution in [0.25, 0.3) is 11.1 Å². The van der Waals surface area contributed by atoms with Gasteiger partial charge < -0.3 is 9.84 Å². The third kappa shape index (κ3) is 4.01. The smallest absolute Gasteiger partial charge is 0.341 e. The normalized spacial score (nSPS) is 11.2. The number of rotatable bonds is 6. The van der Waals surface area contributed by atoms with E-state index >= 15 is 0 Å². The molecule has 3 aromatic rings. The lowest BCUT2D eigenvalue weighted by molar-refractivity contribution is -0.139. The zero-order valence-electron chi connectivity index (χ0n) is 14.3. The number of carbonyl (C=O) groups is 1. The number of halogens is 2. The van der Waals surface area contributed by atoms with Crippen LogP contribution in [0, 0.1) is 11.6 Å². The van der Waals surface area contributed by atoms with Gasteiger partial charge in [0.1, 0.15) is 22.3 Å². The average Bonchev–Trinajstić information content (AvgIpc) is 2.67. The maximum absolute atomic E-state index is 14.7. The maximum Gasteiger partial charge on any atom is 0.341 e. The highest BCUT2D eigenvalue weighted by molar-refractivity contribution is 7.91. The van der Waals surface area contributed by atoms with Gasteiger partial charge in [0.2, 0.25) is 9.84 Å². The first-order valence-electron chi connectivity index (χ1n) is 8.03. The zero-order chi connectivity index (χ0) is 20.3. The van der Waals surface area contributed by atoms with Gasteiger partial charge >= 0.3 is 5.97 Å². The second kappa shape index (κ2) is 7.77. The maximum atomic E-state index is 14.7. The number of benzene rings is 3. The number of carboxylic acids is 1. The van der Waals surface area contributed by atoms with Crippen molar-refractivity contribution >= 4 is 15.8 Å². The van der Waals surface area contributed by atoms with Crippen molar-refractivity contribution in [3.63, 3.8) is 0 Å². The van der Waals surface area contributed by atoms with E-state index in [-0.39, 0.29) is 21.8 Å². The van der Waals surface area contributed by atoms with E-state index in [1.54, 1.807) is 6.07 Å². The van der Waals surface area contributed by atoms with Crippen LogP contribution < -0.4 is 4.74 Å². The highest BCUT2D eigenvalue weighted by Gasteiger charge is 2.22. The van der Waals surface area contributed by atoms with E-state index in [1.165, 1.54) is 36.4 Å². The second-order valence-corrected chi connectivity index (χ2v) is 7.70. The predicted octanol–water partition coefficient (Wildman–Crippen LogP) is 3.93. The minimum Gasteiger partial charge on any atom is -0.481 e. The highest BCUT2D eigenvalue weighted by atomic mass is 32.2. The summed E-state index contributed by atoms with van der Waals surface area (Å²) in [5, 5.41) is 8.74. The molecule has 0 spiro atoms. The molecular weight excluding hydrogens is 390 g/mol. The first-order chi connectivity index (χ1) is 13.3. The van der Waals surface area contributed by atoms with E-state index in [2.05, 4.69) is 0 Å². The first kappa shape index (κ1) is 19.5. The van der Waals surface area contributed by atoms with E-state index in [0.29, 0.717) is 0 Å². The predicted molar refractivity (Wildman–Crippen MR) is 96.8 cm³/mol. The number of carboxylic acid groups (broad SMARTS) is 1. The first-order valence-corrected chi connectivity index (χ1v) is 9.51. The molecule has 0 aliphatic rings. The van der Waals surface area contributed by atoms with Gasteiger partial charge in [0, 0.05) is 5.56 Å². The Labute approximate surface area is 159 Å². The molecule has 0 fully saturated rings. The summed E-state index contributed by atoms with van der Waals surface area (Å²) in [6, 6.07) is 14.1.